The molecule has 2 aromatic rings. The van der Waals surface area contributed by atoms with E-state index >= 15 is 0 Å². The van der Waals surface area contributed by atoms with Crippen LogP contribution in [-0.2, 0) is 20.9 Å². The maximum atomic E-state index is 13.8. The van der Waals surface area contributed by atoms with Crippen LogP contribution in [0.1, 0.15) is 56.8 Å². The summed E-state index contributed by atoms with van der Waals surface area (Å²) in [4.78, 5) is 41.4. The molecule has 0 aromatic heterocycles. The van der Waals surface area contributed by atoms with E-state index in [0.29, 0.717) is 29.8 Å². The Morgan fingerprint density at radius 1 is 1.11 bits per heavy atom. The number of carbonyl (C=O) groups excluding carboxylic acids is 3. The molecule has 0 saturated heterocycles. The molecule has 37 heavy (non-hydrogen) atoms. The summed E-state index contributed by atoms with van der Waals surface area (Å²) in [6.07, 6.45) is 1.61. The van der Waals surface area contributed by atoms with Crippen LogP contribution in [0.3, 0.4) is 0 Å². The highest BCUT2D eigenvalue weighted by Gasteiger charge is 2.35. The van der Waals surface area contributed by atoms with Crippen LogP contribution in [0.25, 0.3) is 0 Å². The Hall–Kier alpha value is -3.20. The zero-order valence-corrected chi connectivity index (χ0v) is 23.4. The number of nitrogens with zero attached hydrogens (tertiary/aromatic N) is 1. The number of phenolic OH excluding ortho intramolecular Hbond substituents is 1. The summed E-state index contributed by atoms with van der Waals surface area (Å²) in [5, 5.41) is 15.7. The summed E-state index contributed by atoms with van der Waals surface area (Å²) < 4.78 is 5.39. The maximum absolute atomic E-state index is 13.8. The van der Waals surface area contributed by atoms with Crippen LogP contribution < -0.4 is 10.6 Å². The van der Waals surface area contributed by atoms with Gasteiger partial charge in [-0.15, -0.1) is 0 Å². The Balaban J connectivity index is 2.39. The standard InChI is InChI=1S/C28H39N3O5S/c1-7-31(26(34)22(15-16-37-6)30-27(35)36-28(3,4)5)24(21-13-14-23(32)19(2)17-21)25(33)29-18-20-11-9-8-10-12-20/h8-14,17,22,24,32H,7,15-16,18H2,1-6H3,(H,29,33)(H,30,35). The fraction of sp³-hybridized carbons (Fsp3) is 0.464. The van der Waals surface area contributed by atoms with Gasteiger partial charge in [0.25, 0.3) is 0 Å². The van der Waals surface area contributed by atoms with Gasteiger partial charge in [-0.05, 0) is 81.9 Å². The molecule has 0 radical (unpaired) electrons. The van der Waals surface area contributed by atoms with Crippen LogP contribution in [0.2, 0.25) is 0 Å². The maximum Gasteiger partial charge on any atom is 0.408 e. The van der Waals surface area contributed by atoms with E-state index in [1.165, 1.54) is 11.0 Å². The van der Waals surface area contributed by atoms with Gasteiger partial charge in [-0.2, -0.15) is 11.8 Å². The van der Waals surface area contributed by atoms with E-state index in [-0.39, 0.29) is 24.1 Å². The number of aryl methyl sites for hydroxylation is 1. The first-order valence-electron chi connectivity index (χ1n) is 12.4. The lowest BCUT2D eigenvalue weighted by atomic mass is 10.00. The molecular weight excluding hydrogens is 490 g/mol. The van der Waals surface area contributed by atoms with E-state index in [2.05, 4.69) is 10.6 Å². The van der Waals surface area contributed by atoms with Crippen molar-refractivity contribution >= 4 is 29.7 Å². The normalized spacial score (nSPS) is 12.8. The first-order valence-corrected chi connectivity index (χ1v) is 13.8. The molecule has 0 spiro atoms. The summed E-state index contributed by atoms with van der Waals surface area (Å²) in [5.41, 5.74) is 1.37. The van der Waals surface area contributed by atoms with Gasteiger partial charge in [-0.1, -0.05) is 36.4 Å². The molecule has 0 bridgehead atoms. The van der Waals surface area contributed by atoms with E-state index < -0.39 is 23.8 Å². The van der Waals surface area contributed by atoms with Crippen LogP contribution in [-0.4, -0.2) is 58.1 Å². The topological polar surface area (TPSA) is 108 Å². The van der Waals surface area contributed by atoms with E-state index in [9.17, 15) is 19.5 Å². The largest absolute Gasteiger partial charge is 0.508 e. The van der Waals surface area contributed by atoms with E-state index in [4.69, 9.17) is 4.74 Å². The van der Waals surface area contributed by atoms with Crippen LogP contribution in [0.15, 0.2) is 48.5 Å². The molecule has 202 valence electrons. The third-order valence-corrected chi connectivity index (χ3v) is 6.27. The van der Waals surface area contributed by atoms with E-state index in [1.807, 2.05) is 36.6 Å². The van der Waals surface area contributed by atoms with Gasteiger partial charge >= 0.3 is 6.09 Å². The Kier molecular flexibility index (Phi) is 11.3. The van der Waals surface area contributed by atoms with Gasteiger partial charge in [0.1, 0.15) is 23.4 Å². The Morgan fingerprint density at radius 3 is 2.35 bits per heavy atom. The second-order valence-electron chi connectivity index (χ2n) is 9.76. The summed E-state index contributed by atoms with van der Waals surface area (Å²) in [6.45, 7) is 9.32. The number of ether oxygens (including phenoxy) is 1. The number of aromatic hydroxyl groups is 1. The molecule has 3 amide bonds. The highest BCUT2D eigenvalue weighted by molar-refractivity contribution is 7.98. The van der Waals surface area contributed by atoms with Crippen molar-refractivity contribution in [2.45, 2.75) is 65.3 Å². The van der Waals surface area contributed by atoms with Crippen LogP contribution in [0.5, 0.6) is 5.75 Å². The summed E-state index contributed by atoms with van der Waals surface area (Å²) >= 11 is 1.56. The molecule has 0 aliphatic carbocycles. The van der Waals surface area contributed by atoms with Gasteiger partial charge in [0.05, 0.1) is 0 Å². The third-order valence-electron chi connectivity index (χ3n) is 5.63. The molecular formula is C28H39N3O5S. The number of hydrogen-bond acceptors (Lipinski definition) is 6. The predicted molar refractivity (Wildman–Crippen MR) is 147 cm³/mol. The van der Waals surface area contributed by atoms with Gasteiger partial charge in [0.15, 0.2) is 0 Å². The lowest BCUT2D eigenvalue weighted by Crippen LogP contribution is -2.53. The lowest BCUT2D eigenvalue weighted by molar-refractivity contribution is -0.142. The van der Waals surface area contributed by atoms with Crippen LogP contribution in [0.4, 0.5) is 4.79 Å². The van der Waals surface area contributed by atoms with Gasteiger partial charge < -0.3 is 25.4 Å². The van der Waals surface area contributed by atoms with Crippen molar-refractivity contribution in [3.63, 3.8) is 0 Å². The molecule has 0 fully saturated rings. The predicted octanol–water partition coefficient (Wildman–Crippen LogP) is 4.55. The van der Waals surface area contributed by atoms with Gasteiger partial charge in [0.2, 0.25) is 11.8 Å². The number of nitrogens with one attached hydrogen (secondary N) is 2. The lowest BCUT2D eigenvalue weighted by Gasteiger charge is -2.34. The monoisotopic (exact) mass is 529 g/mol. The van der Waals surface area contributed by atoms with Crippen molar-refractivity contribution in [2.24, 2.45) is 0 Å². The van der Waals surface area contributed by atoms with Crippen molar-refractivity contribution < 1.29 is 24.2 Å². The minimum absolute atomic E-state index is 0.103. The van der Waals surface area contributed by atoms with Gasteiger partial charge in [-0.25, -0.2) is 4.79 Å². The van der Waals surface area contributed by atoms with Gasteiger partial charge in [0, 0.05) is 13.1 Å². The number of amides is 3. The minimum atomic E-state index is -0.960. The fourth-order valence-corrected chi connectivity index (χ4v) is 4.28. The van der Waals surface area contributed by atoms with Crippen LogP contribution in [0, 0.1) is 6.92 Å². The van der Waals surface area contributed by atoms with Crippen molar-refractivity contribution in [3.05, 3.63) is 65.2 Å². The molecule has 2 rings (SSSR count). The Morgan fingerprint density at radius 2 is 1.78 bits per heavy atom. The first kappa shape index (κ1) is 30.0. The zero-order valence-electron chi connectivity index (χ0n) is 22.5. The Bertz CT molecular complexity index is 1060. The smallest absolute Gasteiger partial charge is 0.408 e. The van der Waals surface area contributed by atoms with Crippen molar-refractivity contribution in [2.75, 3.05) is 18.6 Å². The number of alkyl carbamates (subject to hydrolysis) is 1. The van der Waals surface area contributed by atoms with Crippen LogP contribution >= 0.6 is 11.8 Å². The van der Waals surface area contributed by atoms with Gasteiger partial charge in [-0.3, -0.25) is 9.59 Å². The molecule has 9 heteroatoms. The first-order chi connectivity index (χ1) is 17.5. The number of rotatable bonds is 11. The number of thioether (sulfide) groups is 1. The number of phenols is 1. The highest BCUT2D eigenvalue weighted by Crippen LogP contribution is 2.27. The average molecular weight is 530 g/mol. The Labute approximate surface area is 224 Å². The molecule has 0 heterocycles. The average Bonchev–Trinajstić information content (AvgIpc) is 2.84. The fourth-order valence-electron chi connectivity index (χ4n) is 3.81. The second-order valence-corrected chi connectivity index (χ2v) is 10.7. The summed E-state index contributed by atoms with van der Waals surface area (Å²) in [5.74, 6) is -0.00326. The number of hydrogen-bond donors (Lipinski definition) is 3. The molecule has 0 aliphatic rings. The quantitative estimate of drug-likeness (QED) is 0.394. The molecule has 2 unspecified atom stereocenters. The number of likely N-dealkylation sites (N-methyl/N-ethyl adjacent to an activating group) is 1. The van der Waals surface area contributed by atoms with Crippen molar-refractivity contribution in [1.29, 1.82) is 0 Å². The van der Waals surface area contributed by atoms with Crippen molar-refractivity contribution in [3.8, 4) is 5.75 Å². The second kappa shape index (κ2) is 13.9. The highest BCUT2D eigenvalue weighted by atomic mass is 32.2. The molecule has 2 aromatic carbocycles. The minimum Gasteiger partial charge on any atom is -0.508 e. The summed E-state index contributed by atoms with van der Waals surface area (Å²) in [7, 11) is 0. The SMILES string of the molecule is CCN(C(=O)C(CCSC)NC(=O)OC(C)(C)C)C(C(=O)NCc1ccccc1)c1ccc(O)c(C)c1. The molecule has 0 saturated carbocycles. The molecule has 0 aliphatic heterocycles. The van der Waals surface area contributed by atoms with E-state index in [0.717, 1.165) is 5.56 Å². The molecule has 3 N–H and O–H groups in total. The summed E-state index contributed by atoms with van der Waals surface area (Å²) in [6, 6.07) is 12.5. The van der Waals surface area contributed by atoms with E-state index in [1.54, 1.807) is 58.5 Å². The molecule has 2 atom stereocenters. The zero-order chi connectivity index (χ0) is 27.6. The number of benzene rings is 2. The molecule has 8 nitrogen and oxygen atoms in total. The van der Waals surface area contributed by atoms with Crippen molar-refractivity contribution in [1.82, 2.24) is 15.5 Å². The third kappa shape index (κ3) is 9.31. The number of carbonyl (C=O) groups is 3.